The molecule has 2 aliphatic heterocycles. The Morgan fingerprint density at radius 3 is 2.23 bits per heavy atom. The molecule has 2 heterocycles. The largest absolute Gasteiger partial charge is 0.518 e. The highest BCUT2D eigenvalue weighted by molar-refractivity contribution is 8.01. The summed E-state index contributed by atoms with van der Waals surface area (Å²) < 4.78 is 5.36. The van der Waals surface area contributed by atoms with Gasteiger partial charge in [-0.05, 0) is 33.5 Å². The van der Waals surface area contributed by atoms with Gasteiger partial charge in [-0.15, -0.1) is 11.8 Å². The van der Waals surface area contributed by atoms with E-state index in [0.29, 0.717) is 0 Å². The molecule has 0 spiro atoms. The summed E-state index contributed by atoms with van der Waals surface area (Å²) in [5, 5.41) is 0.0495. The third kappa shape index (κ3) is 3.44. The van der Waals surface area contributed by atoms with Crippen molar-refractivity contribution < 1.29 is 14.0 Å². The van der Waals surface area contributed by atoms with Crippen molar-refractivity contribution in [1.82, 2.24) is 9.88 Å². The van der Waals surface area contributed by atoms with Crippen molar-refractivity contribution in [2.45, 2.75) is 75.3 Å². The molecule has 0 radical (unpaired) electrons. The highest BCUT2D eigenvalue weighted by Gasteiger charge is 2.64. The van der Waals surface area contributed by atoms with Crippen LogP contribution in [0.2, 0.25) is 39.3 Å². The van der Waals surface area contributed by atoms with Gasteiger partial charge in [-0.3, -0.25) is 9.59 Å². The first-order chi connectivity index (χ1) is 9.73. The number of carbonyl (C=O) groups excluding carboxylic acids is 2. The Labute approximate surface area is 139 Å². The van der Waals surface area contributed by atoms with E-state index in [1.807, 2.05) is 33.5 Å². The standard InChI is InChI=1S/C14H28N2O3SSi2/c1-14(2)10(13(18)19-22(6,7)8)16-11(17)9(12(16)20-14)15-21(3,4)5/h9-10,12,15H,1-8H3/t9-,10+,12+/m1/s1. The van der Waals surface area contributed by atoms with Crippen LogP contribution in [-0.4, -0.2) is 55.5 Å². The van der Waals surface area contributed by atoms with E-state index in [4.69, 9.17) is 4.43 Å². The van der Waals surface area contributed by atoms with Gasteiger partial charge in [0.05, 0.1) is 0 Å². The predicted molar refractivity (Wildman–Crippen MR) is 95.8 cm³/mol. The maximum Gasteiger partial charge on any atom is 0.317 e. The maximum atomic E-state index is 12.6. The van der Waals surface area contributed by atoms with Crippen molar-refractivity contribution in [2.24, 2.45) is 0 Å². The number of fused-ring (bicyclic) bond motifs is 1. The fourth-order valence-corrected chi connectivity index (χ4v) is 6.62. The third-order valence-corrected chi connectivity index (χ3v) is 7.22. The highest BCUT2D eigenvalue weighted by Crippen LogP contribution is 2.51. The number of thioether (sulfide) groups is 1. The van der Waals surface area contributed by atoms with Gasteiger partial charge in [0.25, 0.3) is 0 Å². The Morgan fingerprint density at radius 1 is 1.23 bits per heavy atom. The average molecular weight is 361 g/mol. The zero-order valence-corrected chi connectivity index (χ0v) is 17.6. The summed E-state index contributed by atoms with van der Waals surface area (Å²) in [5.41, 5.74) is 0. The molecule has 0 aromatic carbocycles. The second-order valence-electron chi connectivity index (χ2n) is 8.67. The van der Waals surface area contributed by atoms with Gasteiger partial charge in [0.2, 0.25) is 14.2 Å². The van der Waals surface area contributed by atoms with Crippen LogP contribution in [-0.2, 0) is 14.0 Å². The summed E-state index contributed by atoms with van der Waals surface area (Å²) in [7, 11) is -3.51. The molecule has 0 aliphatic carbocycles. The summed E-state index contributed by atoms with van der Waals surface area (Å²) >= 11 is 1.71. The van der Waals surface area contributed by atoms with E-state index < -0.39 is 22.6 Å². The van der Waals surface area contributed by atoms with Crippen molar-refractivity contribution in [1.29, 1.82) is 0 Å². The molecular formula is C14H28N2O3SSi2. The zero-order chi connectivity index (χ0) is 17.1. The Hall–Kier alpha value is -0.316. The molecule has 0 aromatic heterocycles. The van der Waals surface area contributed by atoms with Crippen molar-refractivity contribution in [3.05, 3.63) is 0 Å². The van der Waals surface area contributed by atoms with Crippen LogP contribution in [0.1, 0.15) is 13.8 Å². The number of hydrogen-bond donors (Lipinski definition) is 1. The fraction of sp³-hybridized carbons (Fsp3) is 0.857. The van der Waals surface area contributed by atoms with Crippen LogP contribution in [0.15, 0.2) is 0 Å². The average Bonchev–Trinajstić information content (AvgIpc) is 2.52. The summed E-state index contributed by atoms with van der Waals surface area (Å²) in [6.07, 6.45) is 0. The first-order valence-corrected chi connectivity index (χ1v) is 15.5. The molecule has 2 rings (SSSR count). The minimum absolute atomic E-state index is 0.0445. The molecule has 2 aliphatic rings. The van der Waals surface area contributed by atoms with Crippen molar-refractivity contribution in [3.63, 3.8) is 0 Å². The van der Waals surface area contributed by atoms with Gasteiger partial charge < -0.3 is 14.3 Å². The van der Waals surface area contributed by atoms with E-state index in [2.05, 4.69) is 24.6 Å². The summed E-state index contributed by atoms with van der Waals surface area (Å²) in [6.45, 7) is 16.6. The molecule has 2 fully saturated rings. The quantitative estimate of drug-likeness (QED) is 0.615. The van der Waals surface area contributed by atoms with Crippen LogP contribution >= 0.6 is 11.8 Å². The van der Waals surface area contributed by atoms with E-state index >= 15 is 0 Å². The first-order valence-electron chi connectivity index (χ1n) is 7.73. The molecule has 22 heavy (non-hydrogen) atoms. The minimum atomic E-state index is -1.96. The molecule has 5 nitrogen and oxygen atoms in total. The van der Waals surface area contributed by atoms with Crippen molar-refractivity contribution >= 4 is 40.2 Å². The molecule has 1 N–H and O–H groups in total. The Balaban J connectivity index is 2.18. The SMILES string of the molecule is CC1(C)S[C@H]2[C@H](N[Si](C)(C)C)C(=O)N2[C@H]1C(=O)O[Si](C)(C)C. The Bertz CT molecular complexity index is 499. The lowest BCUT2D eigenvalue weighted by atomic mass is 9.96. The zero-order valence-electron chi connectivity index (χ0n) is 14.8. The third-order valence-electron chi connectivity index (χ3n) is 3.66. The number of carbonyl (C=O) groups is 2. The van der Waals surface area contributed by atoms with E-state index in [1.165, 1.54) is 0 Å². The van der Waals surface area contributed by atoms with E-state index in [-0.39, 0.29) is 28.0 Å². The van der Waals surface area contributed by atoms with Gasteiger partial charge in [0, 0.05) is 4.75 Å². The molecule has 3 atom stereocenters. The monoisotopic (exact) mass is 360 g/mol. The Morgan fingerprint density at radius 2 is 1.77 bits per heavy atom. The fourth-order valence-electron chi connectivity index (χ4n) is 2.95. The molecule has 0 bridgehead atoms. The summed E-state index contributed by atoms with van der Waals surface area (Å²) in [6, 6.07) is -0.623. The van der Waals surface area contributed by atoms with Crippen molar-refractivity contribution in [2.75, 3.05) is 0 Å². The molecule has 126 valence electrons. The minimum Gasteiger partial charge on any atom is -0.518 e. The highest BCUT2D eigenvalue weighted by atomic mass is 32.2. The van der Waals surface area contributed by atoms with Crippen LogP contribution < -0.4 is 4.98 Å². The molecule has 0 saturated carbocycles. The topological polar surface area (TPSA) is 58.6 Å². The van der Waals surface area contributed by atoms with Crippen LogP contribution in [0.3, 0.4) is 0 Å². The van der Waals surface area contributed by atoms with Crippen LogP contribution in [0, 0.1) is 0 Å². The van der Waals surface area contributed by atoms with Crippen molar-refractivity contribution in [3.8, 4) is 0 Å². The maximum absolute atomic E-state index is 12.6. The van der Waals surface area contributed by atoms with E-state index in [9.17, 15) is 9.59 Å². The molecule has 0 unspecified atom stereocenters. The normalized spacial score (nSPS) is 30.8. The summed E-state index contributed by atoms with van der Waals surface area (Å²) in [4.78, 5) is 30.4. The molecule has 2 saturated heterocycles. The lowest BCUT2D eigenvalue weighted by molar-refractivity contribution is -0.158. The number of hydrogen-bond acceptors (Lipinski definition) is 5. The van der Waals surface area contributed by atoms with Crippen LogP contribution in [0.5, 0.6) is 0 Å². The lowest BCUT2D eigenvalue weighted by Crippen LogP contribution is -2.73. The molecule has 1 amide bonds. The van der Waals surface area contributed by atoms with E-state index in [0.717, 1.165) is 0 Å². The van der Waals surface area contributed by atoms with Gasteiger partial charge >= 0.3 is 5.97 Å². The second-order valence-corrected chi connectivity index (χ2v) is 19.7. The van der Waals surface area contributed by atoms with Gasteiger partial charge in [-0.1, -0.05) is 19.6 Å². The number of nitrogens with one attached hydrogen (secondary N) is 1. The van der Waals surface area contributed by atoms with Gasteiger partial charge in [-0.2, -0.15) is 0 Å². The first kappa shape index (κ1) is 18.0. The van der Waals surface area contributed by atoms with Gasteiger partial charge in [0.15, 0.2) is 0 Å². The Kier molecular flexibility index (Phi) is 4.39. The molecule has 8 heteroatoms. The second kappa shape index (κ2) is 5.36. The van der Waals surface area contributed by atoms with Crippen LogP contribution in [0.25, 0.3) is 0 Å². The van der Waals surface area contributed by atoms with Gasteiger partial charge in [0.1, 0.15) is 25.7 Å². The number of nitrogens with zero attached hydrogens (tertiary/aromatic N) is 1. The van der Waals surface area contributed by atoms with Crippen LogP contribution in [0.4, 0.5) is 0 Å². The lowest BCUT2D eigenvalue weighted by Gasteiger charge is -2.46. The predicted octanol–water partition coefficient (Wildman–Crippen LogP) is 2.22. The number of rotatable bonds is 4. The smallest absolute Gasteiger partial charge is 0.317 e. The van der Waals surface area contributed by atoms with E-state index in [1.54, 1.807) is 16.7 Å². The number of β-lactam (4-membered cyclic amide) rings is 1. The summed E-state index contributed by atoms with van der Waals surface area (Å²) in [5.74, 6) is -0.193. The molecule has 0 aromatic rings. The van der Waals surface area contributed by atoms with Gasteiger partial charge in [-0.25, -0.2) is 0 Å². The molecular weight excluding hydrogens is 332 g/mol. The number of amides is 1.